The summed E-state index contributed by atoms with van der Waals surface area (Å²) in [5.41, 5.74) is 3.76. The average molecular weight is 409 g/mol. The van der Waals surface area contributed by atoms with Crippen LogP contribution in [0, 0.1) is 5.92 Å². The van der Waals surface area contributed by atoms with Crippen LogP contribution >= 0.6 is 11.8 Å². The number of nitrogens with zero attached hydrogens (tertiary/aromatic N) is 4. The zero-order valence-electron chi connectivity index (χ0n) is 17.6. The van der Waals surface area contributed by atoms with Crippen LogP contribution in [-0.2, 0) is 18.4 Å². The molecule has 1 aromatic carbocycles. The molecule has 1 aliphatic carbocycles. The molecule has 2 heterocycles. The normalized spacial score (nSPS) is 18.1. The lowest BCUT2D eigenvalue weighted by atomic mass is 9.69. The Kier molecular flexibility index (Phi) is 5.15. The fourth-order valence-corrected chi connectivity index (χ4v) is 4.92. The van der Waals surface area contributed by atoms with E-state index in [0.29, 0.717) is 22.6 Å². The highest BCUT2D eigenvalue weighted by molar-refractivity contribution is 7.99. The van der Waals surface area contributed by atoms with Crippen molar-refractivity contribution >= 4 is 17.5 Å². The number of hydrogen-bond donors (Lipinski definition) is 0. The minimum Gasteiger partial charge on any atom is -0.268 e. The summed E-state index contributed by atoms with van der Waals surface area (Å²) in [5.74, 6) is 1.73. The van der Waals surface area contributed by atoms with Crippen LogP contribution in [0.5, 0.6) is 0 Å². The number of rotatable bonds is 6. The molecule has 3 aromatic rings. The molecule has 0 unspecified atom stereocenters. The maximum atomic E-state index is 13.9. The molecule has 29 heavy (non-hydrogen) atoms. The van der Waals surface area contributed by atoms with Gasteiger partial charge in [0.25, 0.3) is 5.56 Å². The van der Waals surface area contributed by atoms with Crippen molar-refractivity contribution in [1.82, 2.24) is 19.2 Å². The van der Waals surface area contributed by atoms with Crippen molar-refractivity contribution in [3.05, 3.63) is 58.4 Å². The van der Waals surface area contributed by atoms with Gasteiger partial charge < -0.3 is 0 Å². The Labute approximate surface area is 175 Å². The Balaban J connectivity index is 2.08. The molecule has 0 radical (unpaired) electrons. The summed E-state index contributed by atoms with van der Waals surface area (Å²) in [6, 6.07) is 8.34. The van der Waals surface area contributed by atoms with E-state index in [4.69, 9.17) is 10.1 Å². The van der Waals surface area contributed by atoms with E-state index in [0.717, 1.165) is 36.2 Å². The third kappa shape index (κ3) is 3.23. The highest BCUT2D eigenvalue weighted by Gasteiger charge is 2.38. The van der Waals surface area contributed by atoms with Crippen molar-refractivity contribution in [2.75, 3.05) is 5.75 Å². The molecule has 5 nitrogen and oxygen atoms in total. The van der Waals surface area contributed by atoms with Gasteiger partial charge in [-0.2, -0.15) is 0 Å². The van der Waals surface area contributed by atoms with Crippen molar-refractivity contribution in [3.8, 4) is 11.3 Å². The zero-order chi connectivity index (χ0) is 20.8. The Bertz CT molecular complexity index is 1140. The van der Waals surface area contributed by atoms with E-state index in [2.05, 4.69) is 52.5 Å². The van der Waals surface area contributed by atoms with E-state index in [1.165, 1.54) is 17.3 Å². The number of fused-ring (bicyclic) bond motifs is 4. The third-order valence-electron chi connectivity index (χ3n) is 5.80. The van der Waals surface area contributed by atoms with Crippen LogP contribution in [0.3, 0.4) is 0 Å². The second kappa shape index (κ2) is 7.48. The first-order chi connectivity index (χ1) is 13.9. The van der Waals surface area contributed by atoms with Crippen molar-refractivity contribution in [1.29, 1.82) is 0 Å². The molecule has 0 saturated carbocycles. The van der Waals surface area contributed by atoms with Gasteiger partial charge in [0, 0.05) is 23.3 Å². The second-order valence-corrected chi connectivity index (χ2v) is 9.47. The summed E-state index contributed by atoms with van der Waals surface area (Å²) in [5, 5.41) is 5.45. The highest BCUT2D eigenvalue weighted by atomic mass is 32.2. The molecule has 1 aliphatic rings. The molecular weight excluding hydrogens is 380 g/mol. The van der Waals surface area contributed by atoms with Crippen LogP contribution in [0.2, 0.25) is 0 Å². The van der Waals surface area contributed by atoms with Gasteiger partial charge >= 0.3 is 0 Å². The van der Waals surface area contributed by atoms with Crippen LogP contribution < -0.4 is 5.56 Å². The highest BCUT2D eigenvalue weighted by Crippen LogP contribution is 2.42. The lowest BCUT2D eigenvalue weighted by Gasteiger charge is -2.35. The summed E-state index contributed by atoms with van der Waals surface area (Å²) >= 11 is 1.53. The Morgan fingerprint density at radius 1 is 1.34 bits per heavy atom. The molecule has 1 atom stereocenters. The smallest absolute Gasteiger partial charge is 0.265 e. The Morgan fingerprint density at radius 3 is 2.79 bits per heavy atom. The number of hydrogen-bond acceptors (Lipinski definition) is 4. The predicted octanol–water partition coefficient (Wildman–Crippen LogP) is 4.72. The van der Waals surface area contributed by atoms with E-state index < -0.39 is 0 Å². The van der Waals surface area contributed by atoms with Crippen LogP contribution in [0.15, 0.2) is 46.9 Å². The molecule has 0 spiro atoms. The van der Waals surface area contributed by atoms with E-state index in [-0.39, 0.29) is 11.0 Å². The standard InChI is InChI=1S/C23H28N4OS/c1-6-12-29-22-25-26(14-15(3)4)21-24-19-17-11-9-8-10-16(17)13-23(5,7-2)18(19)20(28)27(21)22/h6,8-11,15H,1,7,12-14H2,2-5H3/t23-/m1/s1. The summed E-state index contributed by atoms with van der Waals surface area (Å²) in [6.45, 7) is 13.2. The molecular formula is C23H28N4OS. The molecule has 2 aromatic heterocycles. The van der Waals surface area contributed by atoms with E-state index in [1.54, 1.807) is 4.40 Å². The quantitative estimate of drug-likeness (QED) is 0.438. The summed E-state index contributed by atoms with van der Waals surface area (Å²) < 4.78 is 3.61. The van der Waals surface area contributed by atoms with Gasteiger partial charge in [-0.15, -0.1) is 11.7 Å². The molecule has 152 valence electrons. The molecule has 6 heteroatoms. The first kappa shape index (κ1) is 20.0. The van der Waals surface area contributed by atoms with Crippen LogP contribution in [0.1, 0.15) is 45.2 Å². The predicted molar refractivity (Wildman–Crippen MR) is 120 cm³/mol. The average Bonchev–Trinajstić information content (AvgIpc) is 3.03. The van der Waals surface area contributed by atoms with Gasteiger partial charge in [-0.25, -0.2) is 14.1 Å². The van der Waals surface area contributed by atoms with Gasteiger partial charge in [0.1, 0.15) is 0 Å². The lowest BCUT2D eigenvalue weighted by molar-refractivity contribution is 0.439. The van der Waals surface area contributed by atoms with Crippen molar-refractivity contribution in [2.24, 2.45) is 5.92 Å². The summed E-state index contributed by atoms with van der Waals surface area (Å²) in [7, 11) is 0. The first-order valence-corrected chi connectivity index (χ1v) is 11.2. The number of thioether (sulfide) groups is 1. The van der Waals surface area contributed by atoms with Gasteiger partial charge in [0.05, 0.1) is 11.3 Å². The van der Waals surface area contributed by atoms with E-state index >= 15 is 0 Å². The van der Waals surface area contributed by atoms with E-state index in [9.17, 15) is 4.79 Å². The maximum Gasteiger partial charge on any atom is 0.265 e. The van der Waals surface area contributed by atoms with Gasteiger partial charge in [-0.3, -0.25) is 4.79 Å². The molecule has 0 amide bonds. The maximum absolute atomic E-state index is 13.9. The topological polar surface area (TPSA) is 52.2 Å². The van der Waals surface area contributed by atoms with Gasteiger partial charge in [0.15, 0.2) is 5.16 Å². The number of aromatic nitrogens is 4. The molecule has 0 N–H and O–H groups in total. The second-order valence-electron chi connectivity index (χ2n) is 8.48. The van der Waals surface area contributed by atoms with Gasteiger partial charge in [-0.1, -0.05) is 69.8 Å². The minimum atomic E-state index is -0.241. The largest absolute Gasteiger partial charge is 0.268 e. The number of benzene rings is 1. The Hall–Kier alpha value is -2.34. The lowest BCUT2D eigenvalue weighted by Crippen LogP contribution is -2.38. The fourth-order valence-electron chi connectivity index (χ4n) is 4.20. The van der Waals surface area contributed by atoms with Crippen LogP contribution in [0.4, 0.5) is 0 Å². The summed E-state index contributed by atoms with van der Waals surface area (Å²) in [6.07, 6.45) is 3.57. The molecule has 4 rings (SSSR count). The third-order valence-corrected chi connectivity index (χ3v) is 6.72. The van der Waals surface area contributed by atoms with Crippen LogP contribution in [-0.4, -0.2) is 24.9 Å². The monoisotopic (exact) mass is 408 g/mol. The van der Waals surface area contributed by atoms with Crippen molar-refractivity contribution < 1.29 is 0 Å². The van der Waals surface area contributed by atoms with Gasteiger partial charge in [-0.05, 0) is 24.3 Å². The molecule has 0 fully saturated rings. The molecule has 0 aliphatic heterocycles. The van der Waals surface area contributed by atoms with Gasteiger partial charge in [0.2, 0.25) is 5.78 Å². The van der Waals surface area contributed by atoms with Crippen molar-refractivity contribution in [3.63, 3.8) is 0 Å². The Morgan fingerprint density at radius 2 is 2.10 bits per heavy atom. The molecule has 0 bridgehead atoms. The van der Waals surface area contributed by atoms with E-state index in [1.807, 2.05) is 16.8 Å². The van der Waals surface area contributed by atoms with Crippen molar-refractivity contribution in [2.45, 2.75) is 57.7 Å². The zero-order valence-corrected chi connectivity index (χ0v) is 18.4. The van der Waals surface area contributed by atoms with Crippen LogP contribution in [0.25, 0.3) is 17.0 Å². The summed E-state index contributed by atoms with van der Waals surface area (Å²) in [4.78, 5) is 18.9. The SMILES string of the molecule is C=CCSc1nn(CC(C)C)c2nc3c(c(=O)n12)[C@](C)(CC)Cc1ccccc1-3. The minimum absolute atomic E-state index is 0.0189. The fraction of sp³-hybridized carbons (Fsp3) is 0.435. The molecule has 0 saturated heterocycles. The first-order valence-electron chi connectivity index (χ1n) is 10.3.